The highest BCUT2D eigenvalue weighted by Gasteiger charge is 2.37. The topological polar surface area (TPSA) is 63.7 Å². The fourth-order valence-electron chi connectivity index (χ4n) is 3.34. The van der Waals surface area contributed by atoms with E-state index in [9.17, 15) is 17.6 Å². The van der Waals surface area contributed by atoms with Crippen LogP contribution in [0.15, 0.2) is 54.6 Å². The van der Waals surface area contributed by atoms with E-state index in [2.05, 4.69) is 0 Å². The average molecular weight is 391 g/mol. The first-order valence-corrected chi connectivity index (χ1v) is 10.7. The number of sulfone groups is 1. The molecule has 2 unspecified atom stereocenters. The summed E-state index contributed by atoms with van der Waals surface area (Å²) in [6.07, 6.45) is 1.34. The Morgan fingerprint density at radius 2 is 1.81 bits per heavy atom. The van der Waals surface area contributed by atoms with Crippen LogP contribution in [0, 0.1) is 5.82 Å². The van der Waals surface area contributed by atoms with Crippen molar-refractivity contribution in [3.05, 3.63) is 71.5 Å². The van der Waals surface area contributed by atoms with E-state index >= 15 is 0 Å². The van der Waals surface area contributed by atoms with E-state index in [0.29, 0.717) is 12.0 Å². The molecule has 3 rings (SSSR count). The van der Waals surface area contributed by atoms with Crippen molar-refractivity contribution >= 4 is 15.9 Å². The molecule has 0 spiro atoms. The number of piperidine rings is 1. The molecule has 144 valence electrons. The van der Waals surface area contributed by atoms with Crippen molar-refractivity contribution in [2.45, 2.75) is 30.7 Å². The highest BCUT2D eigenvalue weighted by Crippen LogP contribution is 2.34. The Labute approximate surface area is 158 Å². The van der Waals surface area contributed by atoms with Crippen molar-refractivity contribution in [3.63, 3.8) is 0 Å². The number of hydrogen-bond donors (Lipinski definition) is 0. The zero-order valence-corrected chi connectivity index (χ0v) is 15.9. The van der Waals surface area contributed by atoms with Crippen LogP contribution in [0.4, 0.5) is 9.18 Å². The van der Waals surface area contributed by atoms with Crippen LogP contribution < -0.4 is 0 Å². The third kappa shape index (κ3) is 4.86. The molecule has 1 aliphatic heterocycles. The van der Waals surface area contributed by atoms with Crippen molar-refractivity contribution in [2.24, 2.45) is 0 Å². The summed E-state index contributed by atoms with van der Waals surface area (Å²) < 4.78 is 42.7. The van der Waals surface area contributed by atoms with Gasteiger partial charge in [-0.3, -0.25) is 0 Å². The summed E-state index contributed by atoms with van der Waals surface area (Å²) in [4.78, 5) is 14.2. The molecule has 5 nitrogen and oxygen atoms in total. The predicted octanol–water partition coefficient (Wildman–Crippen LogP) is 3.71. The molecule has 1 saturated heterocycles. The van der Waals surface area contributed by atoms with Gasteiger partial charge in [0.05, 0.1) is 11.3 Å². The molecule has 2 aromatic carbocycles. The maximum absolute atomic E-state index is 13.3. The number of benzene rings is 2. The predicted molar refractivity (Wildman–Crippen MR) is 100 cm³/mol. The molecule has 0 saturated carbocycles. The smallest absolute Gasteiger partial charge is 0.410 e. The molecule has 1 aliphatic rings. The van der Waals surface area contributed by atoms with Gasteiger partial charge in [0.1, 0.15) is 22.3 Å². The normalized spacial score (nSPS) is 20.3. The van der Waals surface area contributed by atoms with Gasteiger partial charge >= 0.3 is 6.09 Å². The molecular weight excluding hydrogens is 369 g/mol. The Kier molecular flexibility index (Phi) is 5.79. The molecule has 2 aromatic rings. The molecule has 1 amide bonds. The van der Waals surface area contributed by atoms with Crippen molar-refractivity contribution in [1.29, 1.82) is 0 Å². The van der Waals surface area contributed by atoms with Crippen molar-refractivity contribution in [3.8, 4) is 0 Å². The van der Waals surface area contributed by atoms with Crippen LogP contribution in [-0.4, -0.2) is 37.5 Å². The van der Waals surface area contributed by atoms with Crippen LogP contribution >= 0.6 is 0 Å². The molecule has 27 heavy (non-hydrogen) atoms. The Bertz CT molecular complexity index is 884. The monoisotopic (exact) mass is 391 g/mol. The summed E-state index contributed by atoms with van der Waals surface area (Å²) in [6.45, 7) is 0.412. The molecule has 1 fully saturated rings. The van der Waals surface area contributed by atoms with Crippen LogP contribution in [0.1, 0.15) is 30.0 Å². The molecular formula is C20H22FNO4S. The van der Waals surface area contributed by atoms with Gasteiger partial charge in [-0.25, -0.2) is 17.6 Å². The Hall–Kier alpha value is -2.41. The molecule has 0 aliphatic carbocycles. The van der Waals surface area contributed by atoms with Crippen LogP contribution in [0.3, 0.4) is 0 Å². The number of ether oxygens (including phenoxy) is 1. The minimum Gasteiger partial charge on any atom is -0.445 e. The van der Waals surface area contributed by atoms with E-state index in [1.54, 1.807) is 12.1 Å². The zero-order chi connectivity index (χ0) is 19.4. The maximum Gasteiger partial charge on any atom is 0.410 e. The first kappa shape index (κ1) is 19.4. The van der Waals surface area contributed by atoms with Gasteiger partial charge < -0.3 is 9.64 Å². The number of nitrogens with zero attached hydrogens (tertiary/aromatic N) is 1. The van der Waals surface area contributed by atoms with Gasteiger partial charge in [-0.05, 0) is 36.1 Å². The summed E-state index contributed by atoms with van der Waals surface area (Å²) in [5.74, 6) is -0.382. The van der Waals surface area contributed by atoms with E-state index in [0.717, 1.165) is 5.56 Å². The summed E-state index contributed by atoms with van der Waals surface area (Å²) in [5, 5.41) is -0.536. The second-order valence-corrected chi connectivity index (χ2v) is 9.10. The third-order valence-corrected chi connectivity index (χ3v) is 6.49. The molecule has 0 radical (unpaired) electrons. The maximum atomic E-state index is 13.3. The highest BCUT2D eigenvalue weighted by molar-refractivity contribution is 7.91. The van der Waals surface area contributed by atoms with E-state index in [4.69, 9.17) is 4.74 Å². The first-order valence-electron chi connectivity index (χ1n) is 8.76. The van der Waals surface area contributed by atoms with Gasteiger partial charge in [0.2, 0.25) is 0 Å². The van der Waals surface area contributed by atoms with Crippen molar-refractivity contribution in [2.75, 3.05) is 12.8 Å². The molecule has 1 heterocycles. The van der Waals surface area contributed by atoms with Gasteiger partial charge in [-0.15, -0.1) is 0 Å². The van der Waals surface area contributed by atoms with Crippen LogP contribution in [-0.2, 0) is 21.2 Å². The SMILES string of the molecule is CS(=O)(=O)C1CCN(C(=O)OCc2ccccc2)C(c2ccc(F)cc2)C1. The molecule has 7 heteroatoms. The molecule has 2 atom stereocenters. The minimum atomic E-state index is -3.23. The van der Waals surface area contributed by atoms with Crippen molar-refractivity contribution < 1.29 is 22.3 Å². The van der Waals surface area contributed by atoms with Crippen molar-refractivity contribution in [1.82, 2.24) is 4.90 Å². The van der Waals surface area contributed by atoms with Crippen LogP contribution in [0.5, 0.6) is 0 Å². The number of rotatable bonds is 4. The van der Waals surface area contributed by atoms with Crippen LogP contribution in [0.2, 0.25) is 0 Å². The minimum absolute atomic E-state index is 0.141. The first-order chi connectivity index (χ1) is 12.8. The van der Waals surface area contributed by atoms with E-state index in [-0.39, 0.29) is 25.4 Å². The standard InChI is InChI=1S/C20H22FNO4S/c1-27(24,25)18-11-12-22(19(13-18)16-7-9-17(21)10-8-16)20(23)26-14-15-5-3-2-4-6-15/h2-10,18-19H,11-14H2,1H3. The zero-order valence-electron chi connectivity index (χ0n) is 15.0. The lowest BCUT2D eigenvalue weighted by Crippen LogP contribution is -2.44. The molecule has 0 N–H and O–H groups in total. The summed E-state index contributed by atoms with van der Waals surface area (Å²) in [7, 11) is -3.23. The van der Waals surface area contributed by atoms with E-state index in [1.165, 1.54) is 23.3 Å². The molecule has 0 aromatic heterocycles. The van der Waals surface area contributed by atoms with Crippen LogP contribution in [0.25, 0.3) is 0 Å². The largest absolute Gasteiger partial charge is 0.445 e. The second-order valence-electron chi connectivity index (χ2n) is 6.78. The quantitative estimate of drug-likeness (QED) is 0.797. The van der Waals surface area contributed by atoms with Gasteiger partial charge in [0.15, 0.2) is 0 Å². The van der Waals surface area contributed by atoms with E-state index in [1.807, 2.05) is 30.3 Å². The summed E-state index contributed by atoms with van der Waals surface area (Å²) in [6, 6.07) is 14.7. The lowest BCUT2D eigenvalue weighted by atomic mass is 9.95. The number of likely N-dealkylation sites (tertiary alicyclic amines) is 1. The second kappa shape index (κ2) is 8.08. The number of hydrogen-bond acceptors (Lipinski definition) is 4. The Balaban J connectivity index is 1.78. The summed E-state index contributed by atoms with van der Waals surface area (Å²) in [5.41, 5.74) is 1.57. The van der Waals surface area contributed by atoms with E-state index < -0.39 is 27.2 Å². The number of halogens is 1. The highest BCUT2D eigenvalue weighted by atomic mass is 32.2. The van der Waals surface area contributed by atoms with Gasteiger partial charge in [0.25, 0.3) is 0 Å². The fourth-order valence-corrected chi connectivity index (χ4v) is 4.41. The lowest BCUT2D eigenvalue weighted by Gasteiger charge is -2.38. The fraction of sp³-hybridized carbons (Fsp3) is 0.350. The van der Waals surface area contributed by atoms with Gasteiger partial charge in [-0.2, -0.15) is 0 Å². The van der Waals surface area contributed by atoms with Gasteiger partial charge in [-0.1, -0.05) is 42.5 Å². The lowest BCUT2D eigenvalue weighted by molar-refractivity contribution is 0.0684. The Morgan fingerprint density at radius 3 is 2.44 bits per heavy atom. The number of carbonyl (C=O) groups excluding carboxylic acids is 1. The number of amides is 1. The molecule has 0 bridgehead atoms. The third-order valence-electron chi connectivity index (χ3n) is 4.85. The van der Waals surface area contributed by atoms with Gasteiger partial charge in [0, 0.05) is 12.8 Å². The summed E-state index contributed by atoms with van der Waals surface area (Å²) >= 11 is 0. The number of carbonyl (C=O) groups is 1. The Morgan fingerprint density at radius 1 is 1.15 bits per heavy atom. The average Bonchev–Trinajstić information content (AvgIpc) is 2.66.